The average molecular weight is 820 g/mol. The van der Waals surface area contributed by atoms with Crippen molar-refractivity contribution in [3.63, 3.8) is 0 Å². The standard InChI is InChI=1S/C43H61N7O9/c1-41(2,3)57-35(51)22-21-33(39(55)59-43(7,8)9)50-40(56)49-32(38(54)58-42(4,5)6)16-12-13-23-45-36(52)34(48-37(53)31-20-17-27(25-44)26-46-31)24-29-19-18-28-14-10-11-15-30(28)47-29/h10-11,14-15,17-20,26,32-34H,12-13,16,21-25,44H2,1-9H3,(H,45,52)(H,48,53)(H2,49,50,56)/t32-,33-,34?/m0/s1. The predicted octanol–water partition coefficient (Wildman–Crippen LogP) is 4.56. The normalized spacial score (nSPS) is 13.3. The number of benzene rings is 1. The van der Waals surface area contributed by atoms with E-state index < -0.39 is 70.7 Å². The van der Waals surface area contributed by atoms with Crippen LogP contribution >= 0.6 is 0 Å². The second-order valence-corrected chi connectivity index (χ2v) is 17.2. The molecule has 2 heterocycles. The Bertz CT molecular complexity index is 1920. The molecule has 16 nitrogen and oxygen atoms in total. The molecule has 0 radical (unpaired) electrons. The molecule has 0 aliphatic carbocycles. The molecule has 4 amide bonds. The van der Waals surface area contributed by atoms with E-state index in [2.05, 4.69) is 31.2 Å². The number of nitrogens with two attached hydrogens (primary N) is 1. The van der Waals surface area contributed by atoms with Gasteiger partial charge in [0.15, 0.2) is 0 Å². The van der Waals surface area contributed by atoms with Crippen molar-refractivity contribution < 1.29 is 43.0 Å². The lowest BCUT2D eigenvalue weighted by atomic mass is 10.1. The van der Waals surface area contributed by atoms with Crippen LogP contribution < -0.4 is 27.0 Å². The van der Waals surface area contributed by atoms with Crippen molar-refractivity contribution in [2.24, 2.45) is 5.73 Å². The molecule has 0 aliphatic heterocycles. The fraction of sp³-hybridized carbons (Fsp3) is 0.535. The van der Waals surface area contributed by atoms with Crippen LogP contribution in [0.25, 0.3) is 10.9 Å². The summed E-state index contributed by atoms with van der Waals surface area (Å²) in [5, 5.41) is 11.8. The van der Waals surface area contributed by atoms with E-state index in [9.17, 15) is 28.8 Å². The second-order valence-electron chi connectivity index (χ2n) is 17.2. The molecule has 0 fully saturated rings. The Balaban J connectivity index is 1.68. The maximum absolute atomic E-state index is 13.6. The molecule has 0 saturated carbocycles. The van der Waals surface area contributed by atoms with Gasteiger partial charge in [-0.05, 0) is 112 Å². The first kappa shape index (κ1) is 47.7. The van der Waals surface area contributed by atoms with Gasteiger partial charge in [0.1, 0.15) is 40.6 Å². The lowest BCUT2D eigenvalue weighted by Crippen LogP contribution is -2.53. The number of fused-ring (bicyclic) bond motifs is 1. The van der Waals surface area contributed by atoms with Gasteiger partial charge in [-0.2, -0.15) is 0 Å². The van der Waals surface area contributed by atoms with E-state index in [4.69, 9.17) is 19.9 Å². The first-order valence-corrected chi connectivity index (χ1v) is 19.8. The number of ether oxygens (including phenoxy) is 3. The van der Waals surface area contributed by atoms with Crippen LogP contribution in [0.4, 0.5) is 4.79 Å². The maximum atomic E-state index is 13.6. The second kappa shape index (κ2) is 21.4. The summed E-state index contributed by atoms with van der Waals surface area (Å²) in [5.41, 5.74) is 5.41. The van der Waals surface area contributed by atoms with E-state index in [0.717, 1.165) is 16.5 Å². The fourth-order valence-electron chi connectivity index (χ4n) is 5.62. The van der Waals surface area contributed by atoms with E-state index in [1.165, 1.54) is 12.3 Å². The first-order chi connectivity index (χ1) is 27.5. The highest BCUT2D eigenvalue weighted by Gasteiger charge is 2.31. The number of unbranched alkanes of at least 4 members (excludes halogenated alkanes) is 1. The maximum Gasteiger partial charge on any atom is 0.329 e. The molecule has 3 aromatic rings. The Morgan fingerprint density at radius 2 is 1.31 bits per heavy atom. The zero-order valence-electron chi connectivity index (χ0n) is 35.7. The Morgan fingerprint density at radius 1 is 0.695 bits per heavy atom. The number of urea groups is 1. The zero-order chi connectivity index (χ0) is 44.0. The van der Waals surface area contributed by atoms with Crippen LogP contribution in [-0.4, -0.2) is 87.2 Å². The topological polar surface area (TPSA) is 230 Å². The Hall–Kier alpha value is -5.64. The molecule has 59 heavy (non-hydrogen) atoms. The number of nitrogens with zero attached hydrogens (tertiary/aromatic N) is 2. The van der Waals surface area contributed by atoms with E-state index in [1.807, 2.05) is 30.3 Å². The predicted molar refractivity (Wildman–Crippen MR) is 222 cm³/mol. The van der Waals surface area contributed by atoms with Gasteiger partial charge in [-0.1, -0.05) is 30.3 Å². The van der Waals surface area contributed by atoms with Crippen molar-refractivity contribution in [1.82, 2.24) is 31.2 Å². The zero-order valence-corrected chi connectivity index (χ0v) is 35.7. The van der Waals surface area contributed by atoms with Crippen molar-refractivity contribution >= 4 is 46.7 Å². The minimum atomic E-state index is -1.23. The number of esters is 3. The molecule has 0 bridgehead atoms. The van der Waals surface area contributed by atoms with Crippen LogP contribution in [0.3, 0.4) is 0 Å². The number of carbonyl (C=O) groups is 6. The van der Waals surface area contributed by atoms with Crippen LogP contribution in [0.1, 0.15) is 116 Å². The van der Waals surface area contributed by atoms with Gasteiger partial charge in [-0.25, -0.2) is 14.4 Å². The molecule has 2 aromatic heterocycles. The highest BCUT2D eigenvalue weighted by atomic mass is 16.6. The molecule has 16 heteroatoms. The van der Waals surface area contributed by atoms with Gasteiger partial charge in [0.2, 0.25) is 5.91 Å². The molecule has 0 spiro atoms. The van der Waals surface area contributed by atoms with Crippen LogP contribution in [0.2, 0.25) is 0 Å². The third kappa shape index (κ3) is 17.8. The van der Waals surface area contributed by atoms with Crippen molar-refractivity contribution in [2.45, 2.75) is 142 Å². The molecule has 0 aliphatic rings. The summed E-state index contributed by atoms with van der Waals surface area (Å²) in [5.74, 6) is -3.00. The average Bonchev–Trinajstić information content (AvgIpc) is 3.13. The molecule has 1 aromatic carbocycles. The van der Waals surface area contributed by atoms with E-state index >= 15 is 0 Å². The summed E-state index contributed by atoms with van der Waals surface area (Å²) in [6, 6.07) is 10.3. The van der Waals surface area contributed by atoms with Gasteiger partial charge in [0.25, 0.3) is 5.91 Å². The van der Waals surface area contributed by atoms with Crippen LogP contribution in [0, 0.1) is 0 Å². The number of para-hydroxylation sites is 1. The van der Waals surface area contributed by atoms with Crippen LogP contribution in [0.5, 0.6) is 0 Å². The molecule has 3 atom stereocenters. The van der Waals surface area contributed by atoms with Gasteiger partial charge in [0, 0.05) is 43.2 Å². The fourth-order valence-corrected chi connectivity index (χ4v) is 5.62. The van der Waals surface area contributed by atoms with Crippen molar-refractivity contribution in [1.29, 1.82) is 0 Å². The number of aromatic nitrogens is 2. The van der Waals surface area contributed by atoms with Gasteiger partial charge < -0.3 is 41.2 Å². The third-order valence-electron chi connectivity index (χ3n) is 8.25. The summed E-state index contributed by atoms with van der Waals surface area (Å²) in [4.78, 5) is 87.8. The number of rotatable bonds is 18. The van der Waals surface area contributed by atoms with Crippen molar-refractivity contribution in [3.8, 4) is 0 Å². The number of hydrogen-bond acceptors (Lipinski definition) is 12. The monoisotopic (exact) mass is 819 g/mol. The van der Waals surface area contributed by atoms with E-state index in [-0.39, 0.29) is 44.5 Å². The number of carbonyl (C=O) groups excluding carboxylic acids is 6. The molecule has 1 unspecified atom stereocenters. The van der Waals surface area contributed by atoms with Gasteiger partial charge in [-0.15, -0.1) is 0 Å². The lowest BCUT2D eigenvalue weighted by Gasteiger charge is -2.27. The van der Waals surface area contributed by atoms with Crippen LogP contribution in [0.15, 0.2) is 54.7 Å². The summed E-state index contributed by atoms with van der Waals surface area (Å²) < 4.78 is 16.4. The molecule has 322 valence electrons. The summed E-state index contributed by atoms with van der Waals surface area (Å²) in [7, 11) is 0. The SMILES string of the molecule is CC(C)(C)OC(=O)CC[C@H](NC(=O)N[C@@H](CCCCNC(=O)C(Cc1ccc2ccccc2n1)NC(=O)c1ccc(CN)cn1)C(=O)OC(C)(C)C)C(=O)OC(C)(C)C. The number of pyridine rings is 2. The smallest absolute Gasteiger partial charge is 0.329 e. The largest absolute Gasteiger partial charge is 0.460 e. The van der Waals surface area contributed by atoms with Crippen molar-refractivity contribution in [2.75, 3.05) is 6.54 Å². The van der Waals surface area contributed by atoms with Crippen molar-refractivity contribution in [3.05, 3.63) is 71.7 Å². The highest BCUT2D eigenvalue weighted by Crippen LogP contribution is 2.16. The number of amides is 4. The molecular formula is C43H61N7O9. The third-order valence-corrected chi connectivity index (χ3v) is 8.25. The highest BCUT2D eigenvalue weighted by molar-refractivity contribution is 5.96. The minimum absolute atomic E-state index is 0.102. The molecule has 6 N–H and O–H groups in total. The summed E-state index contributed by atoms with van der Waals surface area (Å²) in [6.45, 7) is 15.7. The lowest BCUT2D eigenvalue weighted by molar-refractivity contribution is -0.159. The first-order valence-electron chi connectivity index (χ1n) is 19.8. The Kier molecular flexibility index (Phi) is 17.3. The number of hydrogen-bond donors (Lipinski definition) is 5. The summed E-state index contributed by atoms with van der Waals surface area (Å²) in [6.07, 6.45) is 2.20. The molecule has 3 rings (SSSR count). The molecular weight excluding hydrogens is 759 g/mol. The van der Waals surface area contributed by atoms with Gasteiger partial charge >= 0.3 is 23.9 Å². The van der Waals surface area contributed by atoms with E-state index in [1.54, 1.807) is 74.4 Å². The molecule has 0 saturated heterocycles. The summed E-state index contributed by atoms with van der Waals surface area (Å²) >= 11 is 0. The number of nitrogens with one attached hydrogen (secondary N) is 4. The minimum Gasteiger partial charge on any atom is -0.460 e. The van der Waals surface area contributed by atoms with Crippen LogP contribution in [-0.2, 0) is 46.4 Å². The van der Waals surface area contributed by atoms with E-state index in [0.29, 0.717) is 18.5 Å². The van der Waals surface area contributed by atoms with Gasteiger partial charge in [-0.3, -0.25) is 24.4 Å². The Morgan fingerprint density at radius 3 is 1.88 bits per heavy atom. The quantitative estimate of drug-likeness (QED) is 0.0676. The Labute approximate surface area is 346 Å². The van der Waals surface area contributed by atoms with Gasteiger partial charge in [0.05, 0.1) is 5.52 Å².